The van der Waals surface area contributed by atoms with Crippen LogP contribution in [0.4, 0.5) is 5.00 Å². The van der Waals surface area contributed by atoms with Crippen LogP contribution in [0.2, 0.25) is 5.02 Å². The number of hydrogen-bond acceptors (Lipinski definition) is 5. The van der Waals surface area contributed by atoms with Gasteiger partial charge in [-0.05, 0) is 60.0 Å². The summed E-state index contributed by atoms with van der Waals surface area (Å²) in [5, 5.41) is 5.19. The minimum Gasteiger partial charge on any atom is -0.484 e. The van der Waals surface area contributed by atoms with E-state index in [1.54, 1.807) is 60.0 Å². The number of rotatable bonds is 7. The van der Waals surface area contributed by atoms with Gasteiger partial charge < -0.3 is 15.8 Å². The van der Waals surface area contributed by atoms with Gasteiger partial charge in [-0.1, -0.05) is 11.6 Å². The van der Waals surface area contributed by atoms with Crippen LogP contribution in [0, 0.1) is 0 Å². The molecule has 8 heteroatoms. The van der Waals surface area contributed by atoms with E-state index in [2.05, 4.69) is 5.32 Å². The molecular weight excluding hydrogens is 400 g/mol. The lowest BCUT2D eigenvalue weighted by molar-refractivity contribution is -0.118. The van der Waals surface area contributed by atoms with Crippen molar-refractivity contribution in [2.45, 2.75) is 0 Å². The van der Waals surface area contributed by atoms with E-state index in [4.69, 9.17) is 22.1 Å². The smallest absolute Gasteiger partial charge is 0.262 e. The first-order valence-corrected chi connectivity index (χ1v) is 9.40. The van der Waals surface area contributed by atoms with Crippen molar-refractivity contribution in [1.82, 2.24) is 0 Å². The van der Waals surface area contributed by atoms with Gasteiger partial charge in [-0.15, -0.1) is 11.3 Å². The van der Waals surface area contributed by atoms with E-state index in [0.717, 1.165) is 0 Å². The number of carbonyl (C=O) groups is 3. The maximum atomic E-state index is 12.4. The number of anilines is 1. The largest absolute Gasteiger partial charge is 0.484 e. The molecule has 1 heterocycles. The minimum atomic E-state index is -0.613. The number of ether oxygens (including phenoxy) is 1. The summed E-state index contributed by atoms with van der Waals surface area (Å²) in [5.41, 5.74) is 6.51. The van der Waals surface area contributed by atoms with E-state index in [-0.39, 0.29) is 18.0 Å². The Labute approximate surface area is 169 Å². The third-order valence-electron chi connectivity index (χ3n) is 3.78. The topological polar surface area (TPSA) is 98.5 Å². The number of nitrogens with two attached hydrogens (primary N) is 1. The summed E-state index contributed by atoms with van der Waals surface area (Å²) in [6, 6.07) is 14.6. The zero-order chi connectivity index (χ0) is 20.1. The summed E-state index contributed by atoms with van der Waals surface area (Å²) >= 11 is 7.03. The van der Waals surface area contributed by atoms with Crippen LogP contribution in [-0.2, 0) is 4.79 Å². The maximum absolute atomic E-state index is 12.4. The van der Waals surface area contributed by atoms with Crippen molar-refractivity contribution in [3.8, 4) is 5.75 Å². The fourth-order valence-corrected chi connectivity index (χ4v) is 3.32. The van der Waals surface area contributed by atoms with E-state index in [1.165, 1.54) is 11.3 Å². The number of halogens is 1. The third kappa shape index (κ3) is 4.76. The highest BCUT2D eigenvalue weighted by Gasteiger charge is 2.13. The Hall–Kier alpha value is -3.16. The van der Waals surface area contributed by atoms with Gasteiger partial charge in [0.05, 0.1) is 5.56 Å². The predicted molar refractivity (Wildman–Crippen MR) is 108 cm³/mol. The number of nitrogens with one attached hydrogen (secondary N) is 1. The second-order valence-corrected chi connectivity index (χ2v) is 7.08. The van der Waals surface area contributed by atoms with Crippen molar-refractivity contribution < 1.29 is 19.1 Å². The molecule has 0 fully saturated rings. The zero-order valence-corrected chi connectivity index (χ0v) is 16.0. The summed E-state index contributed by atoms with van der Waals surface area (Å²) in [7, 11) is 0. The molecule has 3 aromatic rings. The van der Waals surface area contributed by atoms with Crippen LogP contribution in [0.25, 0.3) is 0 Å². The SMILES string of the molecule is NC(=O)c1ccsc1NC(=O)COc1ccc(C(=O)c2ccc(Cl)cc2)cc1. The van der Waals surface area contributed by atoms with Crippen LogP contribution in [0.1, 0.15) is 26.3 Å². The van der Waals surface area contributed by atoms with Gasteiger partial charge in [0.2, 0.25) is 0 Å². The first-order valence-electron chi connectivity index (χ1n) is 8.14. The first-order chi connectivity index (χ1) is 13.4. The van der Waals surface area contributed by atoms with E-state index >= 15 is 0 Å². The molecule has 3 N–H and O–H groups in total. The highest BCUT2D eigenvalue weighted by Crippen LogP contribution is 2.22. The third-order valence-corrected chi connectivity index (χ3v) is 4.86. The average molecular weight is 415 g/mol. The lowest BCUT2D eigenvalue weighted by Gasteiger charge is -2.08. The average Bonchev–Trinajstić information content (AvgIpc) is 3.15. The lowest BCUT2D eigenvalue weighted by Crippen LogP contribution is -2.21. The predicted octanol–water partition coefficient (Wildman–Crippen LogP) is 3.75. The minimum absolute atomic E-state index is 0.141. The van der Waals surface area contributed by atoms with Gasteiger partial charge in [-0.2, -0.15) is 0 Å². The maximum Gasteiger partial charge on any atom is 0.262 e. The molecule has 0 aliphatic carbocycles. The number of benzene rings is 2. The van der Waals surface area contributed by atoms with Crippen molar-refractivity contribution in [3.05, 3.63) is 81.7 Å². The standard InChI is InChI=1S/C20H15ClN2O4S/c21-14-5-1-12(2-6-14)18(25)13-3-7-15(8-4-13)27-11-17(24)23-20-16(19(22)26)9-10-28-20/h1-10H,11H2,(H2,22,26)(H,23,24). The number of thiophene rings is 1. The number of ketones is 1. The van der Waals surface area contributed by atoms with Crippen LogP contribution in [0.15, 0.2) is 60.0 Å². The molecular formula is C20H15ClN2O4S. The fourth-order valence-electron chi connectivity index (χ4n) is 2.38. The summed E-state index contributed by atoms with van der Waals surface area (Å²) in [5.74, 6) is -0.744. The van der Waals surface area contributed by atoms with Gasteiger partial charge >= 0.3 is 0 Å². The van der Waals surface area contributed by atoms with E-state index in [0.29, 0.717) is 26.9 Å². The molecule has 6 nitrogen and oxygen atoms in total. The Kier molecular flexibility index (Phi) is 6.08. The Morgan fingerprint density at radius 1 is 0.964 bits per heavy atom. The Morgan fingerprint density at radius 3 is 2.18 bits per heavy atom. The number of amides is 2. The summed E-state index contributed by atoms with van der Waals surface area (Å²) in [6.07, 6.45) is 0. The molecule has 0 atom stereocenters. The number of primary amides is 1. The van der Waals surface area contributed by atoms with Crippen LogP contribution < -0.4 is 15.8 Å². The monoisotopic (exact) mass is 414 g/mol. The normalized spacial score (nSPS) is 10.3. The van der Waals surface area contributed by atoms with E-state index in [9.17, 15) is 14.4 Å². The first kappa shape index (κ1) is 19.6. The Balaban J connectivity index is 1.57. The highest BCUT2D eigenvalue weighted by molar-refractivity contribution is 7.14. The van der Waals surface area contributed by atoms with Crippen LogP contribution >= 0.6 is 22.9 Å². The summed E-state index contributed by atoms with van der Waals surface area (Å²) in [6.45, 7) is -0.249. The van der Waals surface area contributed by atoms with E-state index < -0.39 is 11.8 Å². The van der Waals surface area contributed by atoms with Gasteiger partial charge in [0.15, 0.2) is 12.4 Å². The van der Waals surface area contributed by atoms with Crippen molar-refractivity contribution in [1.29, 1.82) is 0 Å². The highest BCUT2D eigenvalue weighted by atomic mass is 35.5. The second-order valence-electron chi connectivity index (χ2n) is 5.72. The molecule has 0 saturated heterocycles. The molecule has 0 saturated carbocycles. The molecule has 0 bridgehead atoms. The van der Waals surface area contributed by atoms with Gasteiger partial charge in [0.25, 0.3) is 11.8 Å². The molecule has 0 aliphatic rings. The van der Waals surface area contributed by atoms with Gasteiger partial charge in [-0.3, -0.25) is 14.4 Å². The quantitative estimate of drug-likeness (QED) is 0.575. The molecule has 28 heavy (non-hydrogen) atoms. The fraction of sp³-hybridized carbons (Fsp3) is 0.0500. The molecule has 3 rings (SSSR count). The van der Waals surface area contributed by atoms with Crippen molar-refractivity contribution in [2.24, 2.45) is 5.73 Å². The van der Waals surface area contributed by atoms with Crippen molar-refractivity contribution in [2.75, 3.05) is 11.9 Å². The molecule has 0 unspecified atom stereocenters. The number of carbonyl (C=O) groups excluding carboxylic acids is 3. The van der Waals surface area contributed by atoms with Crippen LogP contribution in [0.5, 0.6) is 5.75 Å². The molecule has 2 amide bonds. The molecule has 142 valence electrons. The van der Waals surface area contributed by atoms with Gasteiger partial charge in [0, 0.05) is 16.1 Å². The molecule has 0 radical (unpaired) electrons. The molecule has 1 aromatic heterocycles. The zero-order valence-electron chi connectivity index (χ0n) is 14.5. The number of hydrogen-bond donors (Lipinski definition) is 2. The van der Waals surface area contributed by atoms with Crippen LogP contribution in [0.3, 0.4) is 0 Å². The summed E-state index contributed by atoms with van der Waals surface area (Å²) < 4.78 is 5.42. The van der Waals surface area contributed by atoms with Crippen molar-refractivity contribution >= 4 is 45.5 Å². The van der Waals surface area contributed by atoms with E-state index in [1.807, 2.05) is 0 Å². The lowest BCUT2D eigenvalue weighted by atomic mass is 10.0. The molecule has 0 aliphatic heterocycles. The van der Waals surface area contributed by atoms with Gasteiger partial charge in [0.1, 0.15) is 10.8 Å². The second kappa shape index (κ2) is 8.69. The summed E-state index contributed by atoms with van der Waals surface area (Å²) in [4.78, 5) is 35.7. The molecule has 0 spiro atoms. The Morgan fingerprint density at radius 2 is 1.57 bits per heavy atom. The Bertz CT molecular complexity index is 1010. The van der Waals surface area contributed by atoms with Crippen molar-refractivity contribution in [3.63, 3.8) is 0 Å². The van der Waals surface area contributed by atoms with Gasteiger partial charge in [-0.25, -0.2) is 0 Å². The van der Waals surface area contributed by atoms with Crippen LogP contribution in [-0.4, -0.2) is 24.2 Å². The molecule has 2 aromatic carbocycles.